The first kappa shape index (κ1) is 14.3. The van der Waals surface area contributed by atoms with Crippen molar-refractivity contribution in [1.82, 2.24) is 0 Å². The SMILES string of the molecule is COc1cccc(C(N)COc2cc(F)cc(F)c2)c1. The molecule has 0 saturated carbocycles. The smallest absolute Gasteiger partial charge is 0.129 e. The molecule has 5 heteroatoms. The van der Waals surface area contributed by atoms with Gasteiger partial charge in [0.15, 0.2) is 0 Å². The minimum Gasteiger partial charge on any atom is -0.497 e. The average Bonchev–Trinajstić information content (AvgIpc) is 2.44. The van der Waals surface area contributed by atoms with Crippen molar-refractivity contribution in [2.45, 2.75) is 6.04 Å². The molecule has 0 fully saturated rings. The summed E-state index contributed by atoms with van der Waals surface area (Å²) < 4.78 is 36.4. The second kappa shape index (κ2) is 6.34. The summed E-state index contributed by atoms with van der Waals surface area (Å²) >= 11 is 0. The van der Waals surface area contributed by atoms with Gasteiger partial charge in [-0.05, 0) is 17.7 Å². The maximum Gasteiger partial charge on any atom is 0.129 e. The summed E-state index contributed by atoms with van der Waals surface area (Å²) in [6, 6.07) is 9.84. The average molecular weight is 279 g/mol. The largest absolute Gasteiger partial charge is 0.497 e. The highest BCUT2D eigenvalue weighted by Gasteiger charge is 2.09. The summed E-state index contributed by atoms with van der Waals surface area (Å²) in [4.78, 5) is 0. The third kappa shape index (κ3) is 3.68. The van der Waals surface area contributed by atoms with Crippen LogP contribution in [0.1, 0.15) is 11.6 Å². The van der Waals surface area contributed by atoms with Crippen LogP contribution >= 0.6 is 0 Å². The Labute approximate surface area is 115 Å². The zero-order valence-corrected chi connectivity index (χ0v) is 11.0. The van der Waals surface area contributed by atoms with Crippen molar-refractivity contribution in [3.63, 3.8) is 0 Å². The molecule has 3 nitrogen and oxygen atoms in total. The van der Waals surface area contributed by atoms with E-state index in [0.29, 0.717) is 5.75 Å². The normalized spacial score (nSPS) is 12.0. The van der Waals surface area contributed by atoms with Crippen LogP contribution in [0.5, 0.6) is 11.5 Å². The molecule has 2 rings (SSSR count). The minimum absolute atomic E-state index is 0.107. The van der Waals surface area contributed by atoms with Gasteiger partial charge in [0.1, 0.15) is 29.7 Å². The molecule has 0 bridgehead atoms. The topological polar surface area (TPSA) is 44.5 Å². The van der Waals surface area contributed by atoms with Gasteiger partial charge in [-0.2, -0.15) is 0 Å². The second-order valence-corrected chi connectivity index (χ2v) is 4.30. The molecule has 1 atom stereocenters. The van der Waals surface area contributed by atoms with Crippen LogP contribution < -0.4 is 15.2 Å². The van der Waals surface area contributed by atoms with Gasteiger partial charge in [-0.3, -0.25) is 0 Å². The van der Waals surface area contributed by atoms with Crippen LogP contribution in [0.2, 0.25) is 0 Å². The molecule has 0 saturated heterocycles. The zero-order valence-electron chi connectivity index (χ0n) is 11.0. The van der Waals surface area contributed by atoms with Crippen LogP contribution in [0, 0.1) is 11.6 Å². The lowest BCUT2D eigenvalue weighted by molar-refractivity contribution is 0.287. The molecule has 106 valence electrons. The maximum absolute atomic E-state index is 13.0. The van der Waals surface area contributed by atoms with Gasteiger partial charge < -0.3 is 15.2 Å². The molecule has 20 heavy (non-hydrogen) atoms. The molecule has 0 aromatic heterocycles. The molecule has 0 aliphatic rings. The minimum atomic E-state index is -0.685. The van der Waals surface area contributed by atoms with Crippen molar-refractivity contribution in [1.29, 1.82) is 0 Å². The van der Waals surface area contributed by atoms with Crippen LogP contribution in [0.3, 0.4) is 0 Å². The Morgan fingerprint density at radius 1 is 1.05 bits per heavy atom. The van der Waals surface area contributed by atoms with E-state index in [4.69, 9.17) is 15.2 Å². The summed E-state index contributed by atoms with van der Waals surface area (Å²) in [7, 11) is 1.57. The van der Waals surface area contributed by atoms with Crippen LogP contribution in [-0.2, 0) is 0 Å². The molecule has 2 aromatic rings. The first-order chi connectivity index (χ1) is 9.58. The predicted molar refractivity (Wildman–Crippen MR) is 71.8 cm³/mol. The number of hydrogen-bond donors (Lipinski definition) is 1. The fourth-order valence-electron chi connectivity index (χ4n) is 1.77. The number of nitrogens with two attached hydrogens (primary N) is 1. The number of benzene rings is 2. The second-order valence-electron chi connectivity index (χ2n) is 4.30. The Bertz CT molecular complexity index is 570. The van der Waals surface area contributed by atoms with Gasteiger partial charge in [0.2, 0.25) is 0 Å². The van der Waals surface area contributed by atoms with Crippen molar-refractivity contribution in [3.05, 3.63) is 59.7 Å². The molecule has 0 spiro atoms. The Kier molecular flexibility index (Phi) is 4.53. The van der Waals surface area contributed by atoms with E-state index in [0.717, 1.165) is 23.8 Å². The Morgan fingerprint density at radius 2 is 1.75 bits per heavy atom. The summed E-state index contributed by atoms with van der Waals surface area (Å²) in [6.07, 6.45) is 0. The highest BCUT2D eigenvalue weighted by atomic mass is 19.1. The molecule has 0 heterocycles. The van der Waals surface area contributed by atoms with E-state index in [1.807, 2.05) is 12.1 Å². The summed E-state index contributed by atoms with van der Waals surface area (Å²) in [5, 5.41) is 0. The van der Waals surface area contributed by atoms with Crippen LogP contribution in [-0.4, -0.2) is 13.7 Å². The molecule has 0 aliphatic heterocycles. The number of ether oxygens (including phenoxy) is 2. The monoisotopic (exact) mass is 279 g/mol. The standard InChI is InChI=1S/C15H15F2NO2/c1-19-13-4-2-3-10(5-13)15(18)9-20-14-7-11(16)6-12(17)8-14/h2-8,15H,9,18H2,1H3. The van der Waals surface area contributed by atoms with Crippen molar-refractivity contribution in [3.8, 4) is 11.5 Å². The lowest BCUT2D eigenvalue weighted by atomic mass is 10.1. The van der Waals surface area contributed by atoms with Gasteiger partial charge in [0.25, 0.3) is 0 Å². The molecule has 0 radical (unpaired) electrons. The molecular formula is C15H15F2NO2. The van der Waals surface area contributed by atoms with E-state index in [1.165, 1.54) is 0 Å². The van der Waals surface area contributed by atoms with E-state index >= 15 is 0 Å². The number of hydrogen-bond acceptors (Lipinski definition) is 3. The molecule has 1 unspecified atom stereocenters. The van der Waals surface area contributed by atoms with Gasteiger partial charge in [0.05, 0.1) is 13.2 Å². The van der Waals surface area contributed by atoms with Crippen LogP contribution in [0.15, 0.2) is 42.5 Å². The van der Waals surface area contributed by atoms with E-state index in [1.54, 1.807) is 19.2 Å². The van der Waals surface area contributed by atoms with Crippen molar-refractivity contribution >= 4 is 0 Å². The summed E-state index contributed by atoms with van der Waals surface area (Å²) in [6.45, 7) is 0.107. The van der Waals surface area contributed by atoms with Gasteiger partial charge in [-0.15, -0.1) is 0 Å². The fourth-order valence-corrected chi connectivity index (χ4v) is 1.77. The van der Waals surface area contributed by atoms with E-state index in [-0.39, 0.29) is 12.4 Å². The molecule has 2 aromatic carbocycles. The lowest BCUT2D eigenvalue weighted by Crippen LogP contribution is -2.19. The number of halogens is 2. The van der Waals surface area contributed by atoms with Crippen molar-refractivity contribution in [2.75, 3.05) is 13.7 Å². The summed E-state index contributed by atoms with van der Waals surface area (Å²) in [5.74, 6) is -0.569. The lowest BCUT2D eigenvalue weighted by Gasteiger charge is -2.14. The van der Waals surface area contributed by atoms with E-state index < -0.39 is 17.7 Å². The van der Waals surface area contributed by atoms with Crippen LogP contribution in [0.4, 0.5) is 8.78 Å². The molecular weight excluding hydrogens is 264 g/mol. The maximum atomic E-state index is 13.0. The van der Waals surface area contributed by atoms with Gasteiger partial charge in [-0.25, -0.2) is 8.78 Å². The Hall–Kier alpha value is -2.14. The highest BCUT2D eigenvalue weighted by molar-refractivity contribution is 5.30. The van der Waals surface area contributed by atoms with Crippen molar-refractivity contribution in [2.24, 2.45) is 5.73 Å². The summed E-state index contributed by atoms with van der Waals surface area (Å²) in [5.41, 5.74) is 6.80. The van der Waals surface area contributed by atoms with Crippen molar-refractivity contribution < 1.29 is 18.3 Å². The van der Waals surface area contributed by atoms with Gasteiger partial charge in [-0.1, -0.05) is 12.1 Å². The number of rotatable bonds is 5. The molecule has 0 amide bonds. The molecule has 0 aliphatic carbocycles. The first-order valence-corrected chi connectivity index (χ1v) is 6.07. The van der Waals surface area contributed by atoms with E-state index in [9.17, 15) is 8.78 Å². The third-order valence-electron chi connectivity index (χ3n) is 2.79. The molecule has 2 N–H and O–H groups in total. The third-order valence-corrected chi connectivity index (χ3v) is 2.79. The Morgan fingerprint density at radius 3 is 2.40 bits per heavy atom. The van der Waals surface area contributed by atoms with E-state index in [2.05, 4.69) is 0 Å². The van der Waals surface area contributed by atoms with Crippen LogP contribution in [0.25, 0.3) is 0 Å². The van der Waals surface area contributed by atoms with Gasteiger partial charge in [0, 0.05) is 18.2 Å². The quantitative estimate of drug-likeness (QED) is 0.915. The first-order valence-electron chi connectivity index (χ1n) is 6.07. The zero-order chi connectivity index (χ0) is 14.5. The van der Waals surface area contributed by atoms with Gasteiger partial charge >= 0.3 is 0 Å². The number of methoxy groups -OCH3 is 1. The Balaban J connectivity index is 2.02. The highest BCUT2D eigenvalue weighted by Crippen LogP contribution is 2.20. The fraction of sp³-hybridized carbons (Fsp3) is 0.200. The predicted octanol–water partition coefficient (Wildman–Crippen LogP) is 3.05.